The fraction of sp³-hybridized carbons (Fsp3) is 0.357. The number of aromatic nitrogens is 1. The molecule has 0 spiro atoms. The number of rotatable bonds is 2. The van der Waals surface area contributed by atoms with Crippen LogP contribution in [0.1, 0.15) is 36.6 Å². The van der Waals surface area contributed by atoms with Crippen molar-refractivity contribution >= 4 is 38.9 Å². The summed E-state index contributed by atoms with van der Waals surface area (Å²) in [5.41, 5.74) is 8.26. The maximum atomic E-state index is 6.14. The van der Waals surface area contributed by atoms with E-state index >= 15 is 0 Å². The molecule has 1 fully saturated rings. The van der Waals surface area contributed by atoms with Crippen molar-refractivity contribution in [3.63, 3.8) is 0 Å². The lowest BCUT2D eigenvalue weighted by atomic mass is 10.1. The third-order valence-electron chi connectivity index (χ3n) is 3.47. The number of thiazole rings is 1. The lowest BCUT2D eigenvalue weighted by molar-refractivity contribution is 0.717. The fourth-order valence-electron chi connectivity index (χ4n) is 2.54. The molecule has 1 aliphatic rings. The monoisotopic (exact) mass is 370 g/mol. The highest BCUT2D eigenvalue weighted by Gasteiger charge is 2.22. The summed E-state index contributed by atoms with van der Waals surface area (Å²) in [6.45, 7) is 0. The number of nitrogens with zero attached hydrogens (tertiary/aromatic N) is 1. The van der Waals surface area contributed by atoms with Crippen LogP contribution >= 0.6 is 33.9 Å². The number of anilines is 1. The number of nitrogens with two attached hydrogens (primary N) is 1. The molecule has 1 heterocycles. The van der Waals surface area contributed by atoms with E-state index in [-0.39, 0.29) is 0 Å². The molecule has 0 atom stereocenters. The van der Waals surface area contributed by atoms with Crippen LogP contribution < -0.4 is 5.73 Å². The van der Waals surface area contributed by atoms with Gasteiger partial charge in [0.2, 0.25) is 0 Å². The van der Waals surface area contributed by atoms with E-state index in [0.717, 1.165) is 16.3 Å². The quantitative estimate of drug-likeness (QED) is 0.782. The summed E-state index contributed by atoms with van der Waals surface area (Å²) < 4.78 is 1.22. The number of nitrogen functional groups attached to an aromatic ring is 1. The van der Waals surface area contributed by atoms with Gasteiger partial charge < -0.3 is 5.73 Å². The maximum absolute atomic E-state index is 6.14. The van der Waals surface area contributed by atoms with E-state index in [0.29, 0.717) is 5.92 Å². The van der Waals surface area contributed by atoms with Crippen LogP contribution in [-0.4, -0.2) is 4.98 Å². The zero-order chi connectivity index (χ0) is 12.5. The van der Waals surface area contributed by atoms with Crippen molar-refractivity contribution in [2.24, 2.45) is 0 Å². The molecule has 2 N–H and O–H groups in total. The van der Waals surface area contributed by atoms with E-state index in [1.54, 1.807) is 11.3 Å². The molecule has 0 saturated heterocycles. The van der Waals surface area contributed by atoms with E-state index < -0.39 is 0 Å². The molecule has 0 unspecified atom stereocenters. The normalized spacial score (nSPS) is 16.3. The Bertz CT molecular complexity index is 559. The van der Waals surface area contributed by atoms with Crippen molar-refractivity contribution in [2.45, 2.75) is 31.6 Å². The lowest BCUT2D eigenvalue weighted by Gasteiger charge is -2.02. The zero-order valence-electron chi connectivity index (χ0n) is 10.0. The molecular formula is C14H15IN2S. The second-order valence-electron chi connectivity index (χ2n) is 4.76. The van der Waals surface area contributed by atoms with E-state index in [1.165, 1.54) is 34.3 Å². The summed E-state index contributed by atoms with van der Waals surface area (Å²) in [7, 11) is 0. The highest BCUT2D eigenvalue weighted by molar-refractivity contribution is 14.1. The average molecular weight is 370 g/mol. The van der Waals surface area contributed by atoms with E-state index in [2.05, 4.69) is 46.9 Å². The van der Waals surface area contributed by atoms with Gasteiger partial charge in [-0.25, -0.2) is 4.98 Å². The Morgan fingerprint density at radius 3 is 2.78 bits per heavy atom. The maximum Gasteiger partial charge on any atom is 0.114 e. The first kappa shape index (κ1) is 12.4. The van der Waals surface area contributed by atoms with Gasteiger partial charge in [0.15, 0.2) is 0 Å². The van der Waals surface area contributed by atoms with Crippen molar-refractivity contribution in [1.29, 1.82) is 0 Å². The predicted octanol–water partition coefficient (Wildman–Crippen LogP) is 4.65. The number of halogens is 1. The largest absolute Gasteiger partial charge is 0.389 e. The number of benzene rings is 1. The van der Waals surface area contributed by atoms with Gasteiger partial charge in [0.05, 0.1) is 5.01 Å². The minimum atomic E-state index is 0.647. The molecule has 0 aliphatic heterocycles. The molecule has 0 radical (unpaired) electrons. The number of hydrogen-bond donors (Lipinski definition) is 1. The molecule has 2 aromatic rings. The van der Waals surface area contributed by atoms with Crippen molar-refractivity contribution in [2.75, 3.05) is 5.73 Å². The standard InChI is InChI=1S/C14H15IN2S/c15-11-7-3-6-10(8-11)12-13(16)18-14(17-12)9-4-1-2-5-9/h3,6-9H,1-2,4-5,16H2. The lowest BCUT2D eigenvalue weighted by Crippen LogP contribution is -1.91. The highest BCUT2D eigenvalue weighted by atomic mass is 127. The Labute approximate surface area is 125 Å². The van der Waals surface area contributed by atoms with E-state index in [9.17, 15) is 0 Å². The second kappa shape index (κ2) is 5.17. The third kappa shape index (κ3) is 2.40. The first-order valence-electron chi connectivity index (χ1n) is 6.26. The van der Waals surface area contributed by atoms with Crippen LogP contribution in [0.4, 0.5) is 5.00 Å². The molecule has 0 bridgehead atoms. The summed E-state index contributed by atoms with van der Waals surface area (Å²) in [4.78, 5) is 4.79. The SMILES string of the molecule is Nc1sc(C2CCCC2)nc1-c1cccc(I)c1. The minimum absolute atomic E-state index is 0.647. The van der Waals surface area contributed by atoms with Crippen LogP contribution in [0, 0.1) is 3.57 Å². The van der Waals surface area contributed by atoms with Gasteiger partial charge >= 0.3 is 0 Å². The van der Waals surface area contributed by atoms with Gasteiger partial charge in [-0.3, -0.25) is 0 Å². The topological polar surface area (TPSA) is 38.9 Å². The molecule has 1 aliphatic carbocycles. The van der Waals surface area contributed by atoms with Crippen molar-refractivity contribution in [3.05, 3.63) is 32.8 Å². The summed E-state index contributed by atoms with van der Waals surface area (Å²) in [6, 6.07) is 8.38. The Kier molecular flexibility index (Phi) is 3.56. The van der Waals surface area contributed by atoms with Crippen LogP contribution in [0.3, 0.4) is 0 Å². The van der Waals surface area contributed by atoms with E-state index in [1.807, 2.05) is 0 Å². The Morgan fingerprint density at radius 1 is 1.28 bits per heavy atom. The molecule has 2 nitrogen and oxygen atoms in total. The molecule has 1 aromatic heterocycles. The molecule has 1 aromatic carbocycles. The van der Waals surface area contributed by atoms with Gasteiger partial charge in [-0.05, 0) is 47.6 Å². The highest BCUT2D eigenvalue weighted by Crippen LogP contribution is 2.40. The van der Waals surface area contributed by atoms with Gasteiger partial charge in [-0.1, -0.05) is 25.0 Å². The number of hydrogen-bond acceptors (Lipinski definition) is 3. The van der Waals surface area contributed by atoms with Crippen LogP contribution in [0.15, 0.2) is 24.3 Å². The Morgan fingerprint density at radius 2 is 2.06 bits per heavy atom. The van der Waals surface area contributed by atoms with Gasteiger partial charge in [0.25, 0.3) is 0 Å². The first-order valence-corrected chi connectivity index (χ1v) is 8.15. The van der Waals surface area contributed by atoms with Crippen molar-refractivity contribution in [3.8, 4) is 11.3 Å². The summed E-state index contributed by atoms with van der Waals surface area (Å²) >= 11 is 4.00. The van der Waals surface area contributed by atoms with Gasteiger partial charge in [0.1, 0.15) is 10.7 Å². The molecule has 18 heavy (non-hydrogen) atoms. The van der Waals surface area contributed by atoms with Crippen LogP contribution in [0.5, 0.6) is 0 Å². The second-order valence-corrected chi connectivity index (χ2v) is 7.06. The van der Waals surface area contributed by atoms with Crippen LogP contribution in [0.2, 0.25) is 0 Å². The van der Waals surface area contributed by atoms with Crippen LogP contribution in [-0.2, 0) is 0 Å². The molecule has 4 heteroatoms. The summed E-state index contributed by atoms with van der Waals surface area (Å²) in [5, 5.41) is 2.10. The zero-order valence-corrected chi connectivity index (χ0v) is 13.0. The molecule has 1 saturated carbocycles. The molecule has 0 amide bonds. The van der Waals surface area contributed by atoms with E-state index in [4.69, 9.17) is 10.7 Å². The summed E-state index contributed by atoms with van der Waals surface area (Å²) in [5.74, 6) is 0.647. The predicted molar refractivity (Wildman–Crippen MR) is 85.9 cm³/mol. The van der Waals surface area contributed by atoms with Crippen LogP contribution in [0.25, 0.3) is 11.3 Å². The minimum Gasteiger partial charge on any atom is -0.389 e. The summed E-state index contributed by atoms with van der Waals surface area (Å²) in [6.07, 6.45) is 5.23. The van der Waals surface area contributed by atoms with Gasteiger partial charge in [-0.15, -0.1) is 11.3 Å². The molecular weight excluding hydrogens is 355 g/mol. The first-order chi connectivity index (χ1) is 8.74. The Hall–Kier alpha value is -0.620. The average Bonchev–Trinajstić information content (AvgIpc) is 2.97. The van der Waals surface area contributed by atoms with Gasteiger partial charge in [-0.2, -0.15) is 0 Å². The third-order valence-corrected chi connectivity index (χ3v) is 5.19. The van der Waals surface area contributed by atoms with Crippen molar-refractivity contribution in [1.82, 2.24) is 4.98 Å². The van der Waals surface area contributed by atoms with Gasteiger partial charge in [0, 0.05) is 15.1 Å². The van der Waals surface area contributed by atoms with Crippen molar-refractivity contribution < 1.29 is 0 Å². The molecule has 3 rings (SSSR count). The molecule has 94 valence electrons. The Balaban J connectivity index is 1.97. The smallest absolute Gasteiger partial charge is 0.114 e. The fourth-order valence-corrected chi connectivity index (χ4v) is 4.11.